The van der Waals surface area contributed by atoms with Gasteiger partial charge in [-0.3, -0.25) is 9.59 Å². The zero-order valence-corrected chi connectivity index (χ0v) is 21.7. The molecule has 0 bridgehead atoms. The van der Waals surface area contributed by atoms with Crippen LogP contribution in [-0.4, -0.2) is 35.9 Å². The molecule has 184 valence electrons. The summed E-state index contributed by atoms with van der Waals surface area (Å²) in [5.74, 6) is -0.536. The van der Waals surface area contributed by atoms with Crippen LogP contribution >= 0.6 is 27.5 Å². The van der Waals surface area contributed by atoms with Crippen LogP contribution < -0.4 is 10.1 Å². The lowest BCUT2D eigenvalue weighted by Crippen LogP contribution is -2.51. The summed E-state index contributed by atoms with van der Waals surface area (Å²) in [6, 6.07) is 19.6. The summed E-state index contributed by atoms with van der Waals surface area (Å²) in [5.41, 5.74) is 1.62. The van der Waals surface area contributed by atoms with Crippen LogP contribution in [0.25, 0.3) is 0 Å². The molecule has 0 radical (unpaired) electrons. The molecular formula is C27H27BrClFN2O3. The first-order valence-corrected chi connectivity index (χ1v) is 12.5. The van der Waals surface area contributed by atoms with Crippen LogP contribution in [0.5, 0.6) is 5.75 Å². The smallest absolute Gasteiger partial charge is 0.261 e. The Hall–Kier alpha value is -2.90. The van der Waals surface area contributed by atoms with Gasteiger partial charge < -0.3 is 15.0 Å². The van der Waals surface area contributed by atoms with Gasteiger partial charge in [-0.25, -0.2) is 4.39 Å². The number of hydrogen-bond acceptors (Lipinski definition) is 3. The van der Waals surface area contributed by atoms with E-state index in [9.17, 15) is 14.0 Å². The molecule has 0 fully saturated rings. The summed E-state index contributed by atoms with van der Waals surface area (Å²) in [4.78, 5) is 28.2. The molecule has 3 aromatic carbocycles. The van der Waals surface area contributed by atoms with Crippen LogP contribution in [0.3, 0.4) is 0 Å². The monoisotopic (exact) mass is 560 g/mol. The van der Waals surface area contributed by atoms with Crippen LogP contribution in [-0.2, 0) is 22.6 Å². The van der Waals surface area contributed by atoms with E-state index in [1.54, 1.807) is 30.3 Å². The second kappa shape index (κ2) is 13.3. The average Bonchev–Trinajstić information content (AvgIpc) is 2.85. The van der Waals surface area contributed by atoms with Gasteiger partial charge in [0.05, 0.1) is 4.47 Å². The molecule has 1 N–H and O–H groups in total. The average molecular weight is 562 g/mol. The molecule has 0 aromatic heterocycles. The number of amides is 2. The van der Waals surface area contributed by atoms with Gasteiger partial charge in [0.2, 0.25) is 5.91 Å². The SMILES string of the molecule is CCCNC(=O)[C@@H](Cc1ccccc1)N(Cc1ccc(F)cc1)C(=O)COc1ccc(Cl)cc1Br. The van der Waals surface area contributed by atoms with Crippen molar-refractivity contribution >= 4 is 39.3 Å². The fourth-order valence-electron chi connectivity index (χ4n) is 3.52. The van der Waals surface area contributed by atoms with Gasteiger partial charge in [-0.1, -0.05) is 61.0 Å². The van der Waals surface area contributed by atoms with Crippen molar-refractivity contribution in [3.63, 3.8) is 0 Å². The Labute approximate surface area is 218 Å². The molecule has 2 amide bonds. The molecule has 5 nitrogen and oxygen atoms in total. The van der Waals surface area contributed by atoms with Gasteiger partial charge in [-0.2, -0.15) is 0 Å². The molecule has 3 aromatic rings. The fraction of sp³-hybridized carbons (Fsp3) is 0.259. The zero-order valence-electron chi connectivity index (χ0n) is 19.3. The maximum absolute atomic E-state index is 13.5. The molecule has 1 atom stereocenters. The van der Waals surface area contributed by atoms with Gasteiger partial charge in [0.1, 0.15) is 17.6 Å². The molecule has 0 aliphatic carbocycles. The quantitative estimate of drug-likeness (QED) is 0.323. The van der Waals surface area contributed by atoms with Gasteiger partial charge in [0, 0.05) is 24.5 Å². The third kappa shape index (κ3) is 8.08. The van der Waals surface area contributed by atoms with E-state index in [-0.39, 0.29) is 30.8 Å². The van der Waals surface area contributed by atoms with Crippen LogP contribution in [0.4, 0.5) is 4.39 Å². The van der Waals surface area contributed by atoms with Gasteiger partial charge >= 0.3 is 0 Å². The summed E-state index contributed by atoms with van der Waals surface area (Å²) >= 11 is 9.38. The topological polar surface area (TPSA) is 58.6 Å². The van der Waals surface area contributed by atoms with Crippen molar-refractivity contribution in [3.8, 4) is 5.75 Å². The lowest BCUT2D eigenvalue weighted by molar-refractivity contribution is -0.142. The fourth-order valence-corrected chi connectivity index (χ4v) is 4.32. The van der Waals surface area contributed by atoms with E-state index >= 15 is 0 Å². The van der Waals surface area contributed by atoms with E-state index < -0.39 is 6.04 Å². The molecule has 0 heterocycles. The minimum absolute atomic E-state index is 0.126. The second-order valence-electron chi connectivity index (χ2n) is 8.01. The number of hydrogen-bond donors (Lipinski definition) is 1. The number of nitrogens with zero attached hydrogens (tertiary/aromatic N) is 1. The van der Waals surface area contributed by atoms with E-state index in [1.165, 1.54) is 17.0 Å². The van der Waals surface area contributed by atoms with Crippen LogP contribution in [0.2, 0.25) is 5.02 Å². The highest BCUT2D eigenvalue weighted by Crippen LogP contribution is 2.28. The summed E-state index contributed by atoms with van der Waals surface area (Å²) < 4.78 is 19.9. The molecule has 0 spiro atoms. The number of nitrogens with one attached hydrogen (secondary N) is 1. The first-order valence-electron chi connectivity index (χ1n) is 11.3. The van der Waals surface area contributed by atoms with E-state index in [4.69, 9.17) is 16.3 Å². The molecule has 0 saturated carbocycles. The maximum atomic E-state index is 13.5. The van der Waals surface area contributed by atoms with Gasteiger partial charge in [-0.15, -0.1) is 0 Å². The maximum Gasteiger partial charge on any atom is 0.261 e. The zero-order chi connectivity index (χ0) is 25.2. The van der Waals surface area contributed by atoms with Gasteiger partial charge in [-0.05, 0) is 63.8 Å². The lowest BCUT2D eigenvalue weighted by Gasteiger charge is -2.31. The van der Waals surface area contributed by atoms with Gasteiger partial charge in [0.25, 0.3) is 5.91 Å². The number of carbonyl (C=O) groups excluding carboxylic acids is 2. The molecule has 0 aliphatic heterocycles. The normalized spacial score (nSPS) is 11.5. The molecule has 0 unspecified atom stereocenters. The van der Waals surface area contributed by atoms with Crippen molar-refractivity contribution < 1.29 is 18.7 Å². The van der Waals surface area contributed by atoms with Crippen molar-refractivity contribution in [1.29, 1.82) is 0 Å². The summed E-state index contributed by atoms with van der Waals surface area (Å²) in [6.45, 7) is 2.30. The Bertz CT molecular complexity index is 1130. The molecule has 3 rings (SSSR count). The standard InChI is InChI=1S/C27H27BrClFN2O3/c1-2-14-31-27(34)24(15-19-6-4-3-5-7-19)32(17-20-8-11-22(30)12-9-20)26(33)18-35-25-13-10-21(29)16-23(25)28/h3-13,16,24H,2,14-15,17-18H2,1H3,(H,31,34)/t24-/m1/s1. The Morgan fingerprint density at radius 3 is 2.43 bits per heavy atom. The number of ether oxygens (including phenoxy) is 1. The largest absolute Gasteiger partial charge is 0.483 e. The first kappa shape index (κ1) is 26.7. The summed E-state index contributed by atoms with van der Waals surface area (Å²) in [5, 5.41) is 3.45. The number of benzene rings is 3. The van der Waals surface area contributed by atoms with Crippen molar-refractivity contribution in [2.75, 3.05) is 13.2 Å². The Kier molecular flexibility index (Phi) is 10.1. The predicted octanol–water partition coefficient (Wildman–Crippen LogP) is 5.79. The van der Waals surface area contributed by atoms with Crippen LogP contribution in [0.15, 0.2) is 77.3 Å². The molecular weight excluding hydrogens is 535 g/mol. The van der Waals surface area contributed by atoms with E-state index in [1.807, 2.05) is 37.3 Å². The third-order valence-corrected chi connectivity index (χ3v) is 6.19. The van der Waals surface area contributed by atoms with Crippen LogP contribution in [0, 0.1) is 5.82 Å². The van der Waals surface area contributed by atoms with Crippen LogP contribution in [0.1, 0.15) is 24.5 Å². The number of carbonyl (C=O) groups is 2. The summed E-state index contributed by atoms with van der Waals surface area (Å²) in [6.07, 6.45) is 1.09. The number of rotatable bonds is 11. The Morgan fingerprint density at radius 2 is 1.77 bits per heavy atom. The lowest BCUT2D eigenvalue weighted by atomic mass is 10.0. The van der Waals surface area contributed by atoms with Crippen molar-refractivity contribution in [2.45, 2.75) is 32.4 Å². The van der Waals surface area contributed by atoms with Crippen molar-refractivity contribution in [3.05, 3.63) is 99.2 Å². The van der Waals surface area contributed by atoms with E-state index in [2.05, 4.69) is 21.2 Å². The van der Waals surface area contributed by atoms with Crippen molar-refractivity contribution in [2.24, 2.45) is 0 Å². The third-order valence-electron chi connectivity index (χ3n) is 5.33. The molecule has 0 saturated heterocycles. The van der Waals surface area contributed by atoms with Gasteiger partial charge in [0.15, 0.2) is 6.61 Å². The predicted molar refractivity (Wildman–Crippen MR) is 139 cm³/mol. The molecule has 0 aliphatic rings. The molecule has 8 heteroatoms. The van der Waals surface area contributed by atoms with Crippen molar-refractivity contribution in [1.82, 2.24) is 10.2 Å². The minimum atomic E-state index is -0.779. The first-order chi connectivity index (χ1) is 16.9. The Morgan fingerprint density at radius 1 is 1.06 bits per heavy atom. The highest BCUT2D eigenvalue weighted by atomic mass is 79.9. The summed E-state index contributed by atoms with van der Waals surface area (Å²) in [7, 11) is 0. The minimum Gasteiger partial charge on any atom is -0.483 e. The second-order valence-corrected chi connectivity index (χ2v) is 9.30. The highest BCUT2D eigenvalue weighted by Gasteiger charge is 2.30. The molecule has 35 heavy (non-hydrogen) atoms. The Balaban J connectivity index is 1.89. The van der Waals surface area contributed by atoms with E-state index in [0.717, 1.165) is 12.0 Å². The van der Waals surface area contributed by atoms with E-state index in [0.29, 0.717) is 33.8 Å². The number of halogens is 3. The highest BCUT2D eigenvalue weighted by molar-refractivity contribution is 9.10.